The lowest BCUT2D eigenvalue weighted by atomic mass is 10.2. The Morgan fingerprint density at radius 2 is 2.20 bits per heavy atom. The van der Waals surface area contributed by atoms with E-state index in [2.05, 4.69) is 15.6 Å². The smallest absolute Gasteiger partial charge is 0.322 e. The fourth-order valence-corrected chi connectivity index (χ4v) is 3.32. The van der Waals surface area contributed by atoms with Crippen LogP contribution in [0.15, 0.2) is 24.4 Å². The van der Waals surface area contributed by atoms with Gasteiger partial charge in [-0.15, -0.1) is 5.10 Å². The molecule has 0 radical (unpaired) electrons. The number of carbonyl (C=O) groups excluding carboxylic acids is 1. The number of amides is 2. The van der Waals surface area contributed by atoms with Crippen molar-refractivity contribution >= 4 is 23.3 Å². The fraction of sp³-hybridized carbons (Fsp3) is 0.471. The molecule has 0 bridgehead atoms. The van der Waals surface area contributed by atoms with Crippen molar-refractivity contribution in [1.82, 2.24) is 19.9 Å². The molecule has 2 heterocycles. The molecule has 2 aliphatic rings. The molecular formula is C17H20ClN5O2. The summed E-state index contributed by atoms with van der Waals surface area (Å²) in [4.78, 5) is 14.3. The summed E-state index contributed by atoms with van der Waals surface area (Å²) in [6.45, 7) is 1.29. The molecule has 1 saturated carbocycles. The first kappa shape index (κ1) is 16.2. The summed E-state index contributed by atoms with van der Waals surface area (Å²) >= 11 is 6.01. The van der Waals surface area contributed by atoms with Crippen molar-refractivity contribution in [2.45, 2.75) is 31.2 Å². The number of carbonyl (C=O) groups is 1. The highest BCUT2D eigenvalue weighted by molar-refractivity contribution is 6.31. The van der Waals surface area contributed by atoms with E-state index in [1.807, 2.05) is 10.9 Å². The third-order valence-corrected chi connectivity index (χ3v) is 4.99. The third-order valence-electron chi connectivity index (χ3n) is 4.75. The van der Waals surface area contributed by atoms with E-state index >= 15 is 0 Å². The highest BCUT2D eigenvalue weighted by atomic mass is 35.5. The van der Waals surface area contributed by atoms with Crippen LogP contribution in [0.1, 0.15) is 36.9 Å². The van der Waals surface area contributed by atoms with E-state index in [0.29, 0.717) is 35.5 Å². The fourth-order valence-electron chi connectivity index (χ4n) is 3.15. The number of aromatic nitrogens is 3. The quantitative estimate of drug-likeness (QED) is 0.906. The predicted octanol–water partition coefficient (Wildman–Crippen LogP) is 3.30. The van der Waals surface area contributed by atoms with Crippen molar-refractivity contribution in [1.29, 1.82) is 0 Å². The minimum atomic E-state index is -0.161. The number of ether oxygens (including phenoxy) is 1. The third kappa shape index (κ3) is 3.42. The van der Waals surface area contributed by atoms with Gasteiger partial charge in [0.05, 0.1) is 24.5 Å². The van der Waals surface area contributed by atoms with E-state index < -0.39 is 0 Å². The first-order chi connectivity index (χ1) is 12.1. The molecule has 25 heavy (non-hydrogen) atoms. The largest absolute Gasteiger partial charge is 0.495 e. The van der Waals surface area contributed by atoms with Gasteiger partial charge >= 0.3 is 6.03 Å². The maximum atomic E-state index is 12.6. The molecule has 1 saturated heterocycles. The number of nitrogens with zero attached hydrogens (tertiary/aromatic N) is 4. The van der Waals surface area contributed by atoms with Crippen LogP contribution in [0.3, 0.4) is 0 Å². The van der Waals surface area contributed by atoms with Crippen molar-refractivity contribution in [2.75, 3.05) is 25.5 Å². The number of anilines is 1. The summed E-state index contributed by atoms with van der Waals surface area (Å²) in [7, 11) is 1.56. The summed E-state index contributed by atoms with van der Waals surface area (Å²) in [5.41, 5.74) is 1.65. The number of nitrogens with one attached hydrogen (secondary N) is 1. The molecule has 2 fully saturated rings. The monoisotopic (exact) mass is 361 g/mol. The molecule has 8 heteroatoms. The van der Waals surface area contributed by atoms with Crippen molar-refractivity contribution in [3.05, 3.63) is 35.1 Å². The SMILES string of the molecule is COc1ccc(Cl)cc1NC(=O)N1CCC(n2cc(C3CC3)nn2)C1. The number of urea groups is 1. The highest BCUT2D eigenvalue weighted by Gasteiger charge is 2.31. The molecule has 1 aliphatic carbocycles. The lowest BCUT2D eigenvalue weighted by Crippen LogP contribution is -2.33. The maximum Gasteiger partial charge on any atom is 0.322 e. The Morgan fingerprint density at radius 1 is 1.36 bits per heavy atom. The zero-order valence-corrected chi connectivity index (χ0v) is 14.7. The van der Waals surface area contributed by atoms with Gasteiger partial charge in [0, 0.05) is 30.2 Å². The van der Waals surface area contributed by atoms with Gasteiger partial charge in [0.15, 0.2) is 0 Å². The summed E-state index contributed by atoms with van der Waals surface area (Å²) in [5.74, 6) is 1.17. The van der Waals surface area contributed by atoms with Gasteiger partial charge in [-0.25, -0.2) is 9.48 Å². The van der Waals surface area contributed by atoms with Gasteiger partial charge in [0.1, 0.15) is 5.75 Å². The predicted molar refractivity (Wildman–Crippen MR) is 94.2 cm³/mol. The second-order valence-corrected chi connectivity index (χ2v) is 7.00. The molecule has 1 unspecified atom stereocenters. The van der Waals surface area contributed by atoms with Gasteiger partial charge in [-0.3, -0.25) is 0 Å². The van der Waals surface area contributed by atoms with E-state index in [4.69, 9.17) is 16.3 Å². The molecule has 1 aliphatic heterocycles. The number of methoxy groups -OCH3 is 1. The Kier molecular flexibility index (Phi) is 4.25. The topological polar surface area (TPSA) is 72.3 Å². The van der Waals surface area contributed by atoms with Crippen LogP contribution in [0, 0.1) is 0 Å². The minimum Gasteiger partial charge on any atom is -0.495 e. The first-order valence-electron chi connectivity index (χ1n) is 8.45. The molecule has 1 atom stereocenters. The van der Waals surface area contributed by atoms with Crippen LogP contribution in [0.2, 0.25) is 5.02 Å². The molecule has 2 aromatic rings. The van der Waals surface area contributed by atoms with E-state index in [0.717, 1.165) is 12.1 Å². The number of hydrogen-bond acceptors (Lipinski definition) is 4. The molecule has 7 nitrogen and oxygen atoms in total. The van der Waals surface area contributed by atoms with E-state index in [-0.39, 0.29) is 12.1 Å². The molecule has 4 rings (SSSR count). The summed E-state index contributed by atoms with van der Waals surface area (Å²) in [5, 5.41) is 11.9. The van der Waals surface area contributed by atoms with Crippen molar-refractivity contribution in [3.8, 4) is 5.75 Å². The van der Waals surface area contributed by atoms with Crippen LogP contribution < -0.4 is 10.1 Å². The van der Waals surface area contributed by atoms with Gasteiger partial charge in [0.2, 0.25) is 0 Å². The second kappa shape index (κ2) is 6.55. The van der Waals surface area contributed by atoms with Crippen LogP contribution in [0.5, 0.6) is 5.75 Å². The van der Waals surface area contributed by atoms with Gasteiger partial charge < -0.3 is 15.0 Å². The first-order valence-corrected chi connectivity index (χ1v) is 8.83. The molecular weight excluding hydrogens is 342 g/mol. The minimum absolute atomic E-state index is 0.161. The van der Waals surface area contributed by atoms with E-state index in [9.17, 15) is 4.79 Å². The zero-order chi connectivity index (χ0) is 17.4. The maximum absolute atomic E-state index is 12.6. The Labute approximate surface area is 150 Å². The molecule has 1 aromatic heterocycles. The lowest BCUT2D eigenvalue weighted by molar-refractivity contribution is 0.220. The van der Waals surface area contributed by atoms with Crippen LogP contribution in [-0.2, 0) is 0 Å². The van der Waals surface area contributed by atoms with Gasteiger partial charge in [-0.1, -0.05) is 16.8 Å². The lowest BCUT2D eigenvalue weighted by Gasteiger charge is -2.18. The van der Waals surface area contributed by atoms with Crippen LogP contribution in [0.25, 0.3) is 0 Å². The Hall–Kier alpha value is -2.28. The van der Waals surface area contributed by atoms with Crippen LogP contribution in [0.4, 0.5) is 10.5 Å². The molecule has 1 aromatic carbocycles. The number of halogens is 1. The molecule has 2 amide bonds. The Morgan fingerprint density at radius 3 is 2.96 bits per heavy atom. The number of hydrogen-bond donors (Lipinski definition) is 1. The standard InChI is InChI=1S/C17H20ClN5O2/c1-25-16-5-4-12(18)8-14(16)19-17(24)22-7-6-13(9-22)23-10-15(20-21-23)11-2-3-11/h4-5,8,10-11,13H,2-3,6-7,9H2,1H3,(H,19,24). The van der Waals surface area contributed by atoms with Gasteiger partial charge in [0.25, 0.3) is 0 Å². The van der Waals surface area contributed by atoms with E-state index in [1.165, 1.54) is 12.8 Å². The summed E-state index contributed by atoms with van der Waals surface area (Å²) in [6.07, 6.45) is 5.32. The van der Waals surface area contributed by atoms with Crippen molar-refractivity contribution in [3.63, 3.8) is 0 Å². The number of benzene rings is 1. The number of likely N-dealkylation sites (tertiary alicyclic amines) is 1. The van der Waals surface area contributed by atoms with Gasteiger partial charge in [-0.05, 0) is 37.5 Å². The van der Waals surface area contributed by atoms with Gasteiger partial charge in [-0.2, -0.15) is 0 Å². The van der Waals surface area contributed by atoms with Crippen LogP contribution in [-0.4, -0.2) is 46.1 Å². The second-order valence-electron chi connectivity index (χ2n) is 6.56. The molecule has 1 N–H and O–H groups in total. The molecule has 0 spiro atoms. The van der Waals surface area contributed by atoms with Crippen LogP contribution >= 0.6 is 11.6 Å². The van der Waals surface area contributed by atoms with Crippen molar-refractivity contribution in [2.24, 2.45) is 0 Å². The van der Waals surface area contributed by atoms with E-state index in [1.54, 1.807) is 30.2 Å². The Bertz CT molecular complexity index is 789. The highest BCUT2D eigenvalue weighted by Crippen LogP contribution is 2.39. The normalized spacial score (nSPS) is 19.9. The zero-order valence-electron chi connectivity index (χ0n) is 14.0. The summed E-state index contributed by atoms with van der Waals surface area (Å²) < 4.78 is 7.17. The average Bonchev–Trinajstić information content (AvgIpc) is 3.13. The average molecular weight is 362 g/mol. The number of rotatable bonds is 4. The Balaban J connectivity index is 1.40. The molecule has 132 valence electrons. The summed E-state index contributed by atoms with van der Waals surface area (Å²) in [6, 6.07) is 5.16. The van der Waals surface area contributed by atoms with Crippen molar-refractivity contribution < 1.29 is 9.53 Å².